The Hall–Kier alpha value is -1.49. The SMILES string of the molecule is CCC(C)NC(=NCCc1ccco1)NC1CCN(C2CCCC2)CC1. The van der Waals surface area contributed by atoms with Crippen LogP contribution in [0.5, 0.6) is 0 Å². The lowest BCUT2D eigenvalue weighted by Crippen LogP contribution is -2.51. The Bertz CT molecular complexity index is 528. The molecular weight excluding hydrogens is 324 g/mol. The highest BCUT2D eigenvalue weighted by molar-refractivity contribution is 5.80. The summed E-state index contributed by atoms with van der Waals surface area (Å²) in [6.45, 7) is 7.63. The molecule has 1 aromatic rings. The molecule has 2 aliphatic rings. The van der Waals surface area contributed by atoms with Gasteiger partial charge in [0.05, 0.1) is 6.26 Å². The molecule has 1 aliphatic carbocycles. The maximum Gasteiger partial charge on any atom is 0.191 e. The largest absolute Gasteiger partial charge is 0.469 e. The van der Waals surface area contributed by atoms with E-state index in [1.165, 1.54) is 51.6 Å². The van der Waals surface area contributed by atoms with Crippen molar-refractivity contribution in [2.24, 2.45) is 4.99 Å². The minimum absolute atomic E-state index is 0.434. The first-order chi connectivity index (χ1) is 12.7. The average molecular weight is 361 g/mol. The minimum Gasteiger partial charge on any atom is -0.469 e. The standard InChI is InChI=1S/C21H36N4O/c1-3-17(2)23-21(22-13-10-20-9-6-16-26-20)24-18-11-14-25(15-12-18)19-7-4-5-8-19/h6,9,16-19H,3-5,7-8,10-15H2,1-2H3,(H2,22,23,24). The van der Waals surface area contributed by atoms with Gasteiger partial charge in [-0.3, -0.25) is 4.99 Å². The van der Waals surface area contributed by atoms with Crippen molar-refractivity contribution in [3.8, 4) is 0 Å². The van der Waals surface area contributed by atoms with E-state index in [0.29, 0.717) is 12.1 Å². The number of likely N-dealkylation sites (tertiary alicyclic amines) is 1. The summed E-state index contributed by atoms with van der Waals surface area (Å²) in [6, 6.07) is 5.78. The van der Waals surface area contributed by atoms with Crippen LogP contribution in [0.3, 0.4) is 0 Å². The molecule has 2 fully saturated rings. The lowest BCUT2D eigenvalue weighted by atomic mass is 10.0. The zero-order valence-electron chi connectivity index (χ0n) is 16.5. The van der Waals surface area contributed by atoms with Crippen LogP contribution < -0.4 is 10.6 Å². The van der Waals surface area contributed by atoms with Crippen molar-refractivity contribution in [2.45, 2.75) is 83.3 Å². The molecule has 2 N–H and O–H groups in total. The molecule has 0 spiro atoms. The van der Waals surface area contributed by atoms with Crippen LogP contribution in [0.1, 0.15) is 64.6 Å². The molecule has 1 atom stereocenters. The van der Waals surface area contributed by atoms with Crippen LogP contribution in [-0.4, -0.2) is 48.6 Å². The number of rotatable bonds is 7. The first kappa shape index (κ1) is 19.3. The zero-order chi connectivity index (χ0) is 18.2. The highest BCUT2D eigenvalue weighted by Crippen LogP contribution is 2.26. The van der Waals surface area contributed by atoms with Gasteiger partial charge in [-0.25, -0.2) is 0 Å². The Morgan fingerprint density at radius 3 is 2.69 bits per heavy atom. The molecule has 1 saturated heterocycles. The van der Waals surface area contributed by atoms with Crippen molar-refractivity contribution < 1.29 is 4.42 Å². The number of guanidine groups is 1. The van der Waals surface area contributed by atoms with E-state index in [1.54, 1.807) is 6.26 Å². The summed E-state index contributed by atoms with van der Waals surface area (Å²) >= 11 is 0. The number of furan rings is 1. The van der Waals surface area contributed by atoms with Crippen LogP contribution in [0.4, 0.5) is 0 Å². The van der Waals surface area contributed by atoms with Gasteiger partial charge >= 0.3 is 0 Å². The Morgan fingerprint density at radius 1 is 1.27 bits per heavy atom. The zero-order valence-corrected chi connectivity index (χ0v) is 16.5. The predicted octanol–water partition coefficient (Wildman–Crippen LogP) is 3.56. The van der Waals surface area contributed by atoms with Gasteiger partial charge in [0.25, 0.3) is 0 Å². The van der Waals surface area contributed by atoms with Gasteiger partial charge in [0.1, 0.15) is 5.76 Å². The van der Waals surface area contributed by atoms with Gasteiger partial charge in [0.15, 0.2) is 5.96 Å². The van der Waals surface area contributed by atoms with Crippen molar-refractivity contribution in [3.05, 3.63) is 24.2 Å². The van der Waals surface area contributed by atoms with Crippen molar-refractivity contribution in [1.82, 2.24) is 15.5 Å². The third-order valence-corrected chi connectivity index (χ3v) is 5.92. The van der Waals surface area contributed by atoms with E-state index < -0.39 is 0 Å². The highest BCUT2D eigenvalue weighted by atomic mass is 16.3. The summed E-state index contributed by atoms with van der Waals surface area (Å²) in [5.74, 6) is 1.96. The predicted molar refractivity (Wildman–Crippen MR) is 108 cm³/mol. The van der Waals surface area contributed by atoms with Gasteiger partial charge in [-0.15, -0.1) is 0 Å². The fraction of sp³-hybridized carbons (Fsp3) is 0.762. The van der Waals surface area contributed by atoms with Crippen LogP contribution in [0, 0.1) is 0 Å². The van der Waals surface area contributed by atoms with Crippen LogP contribution in [0.2, 0.25) is 0 Å². The van der Waals surface area contributed by atoms with E-state index in [1.807, 2.05) is 12.1 Å². The van der Waals surface area contributed by atoms with Gasteiger partial charge in [0, 0.05) is 44.2 Å². The van der Waals surface area contributed by atoms with Crippen molar-refractivity contribution >= 4 is 5.96 Å². The Kier molecular flexibility index (Phi) is 7.42. The lowest BCUT2D eigenvalue weighted by Gasteiger charge is -2.37. The summed E-state index contributed by atoms with van der Waals surface area (Å²) in [7, 11) is 0. The van der Waals surface area contributed by atoms with E-state index >= 15 is 0 Å². The molecule has 0 radical (unpaired) electrons. The summed E-state index contributed by atoms with van der Waals surface area (Å²) in [5.41, 5.74) is 0. The summed E-state index contributed by atoms with van der Waals surface area (Å²) in [4.78, 5) is 7.52. The summed E-state index contributed by atoms with van der Waals surface area (Å²) < 4.78 is 5.41. The Balaban J connectivity index is 1.48. The van der Waals surface area contributed by atoms with E-state index in [4.69, 9.17) is 9.41 Å². The molecule has 0 bridgehead atoms. The number of aliphatic imine (C=N–C) groups is 1. The average Bonchev–Trinajstić information content (AvgIpc) is 3.36. The molecule has 1 unspecified atom stereocenters. The van der Waals surface area contributed by atoms with Crippen molar-refractivity contribution in [2.75, 3.05) is 19.6 Å². The molecule has 1 aliphatic heterocycles. The molecule has 1 saturated carbocycles. The third-order valence-electron chi connectivity index (χ3n) is 5.92. The first-order valence-electron chi connectivity index (χ1n) is 10.6. The number of hydrogen-bond donors (Lipinski definition) is 2. The van der Waals surface area contributed by atoms with Gasteiger partial charge < -0.3 is 20.0 Å². The first-order valence-corrected chi connectivity index (χ1v) is 10.6. The van der Waals surface area contributed by atoms with Gasteiger partial charge in [-0.05, 0) is 51.2 Å². The number of piperidine rings is 1. The Morgan fingerprint density at radius 2 is 2.04 bits per heavy atom. The molecular formula is C21H36N4O. The van der Waals surface area contributed by atoms with E-state index in [-0.39, 0.29) is 0 Å². The van der Waals surface area contributed by atoms with Gasteiger partial charge in [0.2, 0.25) is 0 Å². The quantitative estimate of drug-likeness (QED) is 0.577. The molecule has 5 heteroatoms. The molecule has 0 aromatic carbocycles. The molecule has 146 valence electrons. The monoisotopic (exact) mass is 360 g/mol. The molecule has 2 heterocycles. The van der Waals surface area contributed by atoms with Crippen LogP contribution >= 0.6 is 0 Å². The van der Waals surface area contributed by atoms with E-state index in [2.05, 4.69) is 29.4 Å². The van der Waals surface area contributed by atoms with Crippen molar-refractivity contribution in [1.29, 1.82) is 0 Å². The second kappa shape index (κ2) is 10.0. The molecule has 3 rings (SSSR count). The highest BCUT2D eigenvalue weighted by Gasteiger charge is 2.27. The molecule has 5 nitrogen and oxygen atoms in total. The van der Waals surface area contributed by atoms with Crippen LogP contribution in [-0.2, 0) is 6.42 Å². The summed E-state index contributed by atoms with van der Waals surface area (Å²) in [5, 5.41) is 7.25. The van der Waals surface area contributed by atoms with Gasteiger partial charge in [-0.1, -0.05) is 19.8 Å². The topological polar surface area (TPSA) is 52.8 Å². The Labute approximate surface area is 158 Å². The third kappa shape index (κ3) is 5.76. The van der Waals surface area contributed by atoms with Crippen LogP contribution in [0.15, 0.2) is 27.8 Å². The smallest absolute Gasteiger partial charge is 0.191 e. The van der Waals surface area contributed by atoms with Gasteiger partial charge in [-0.2, -0.15) is 0 Å². The second-order valence-electron chi connectivity index (χ2n) is 7.91. The summed E-state index contributed by atoms with van der Waals surface area (Å²) in [6.07, 6.45) is 11.8. The molecule has 26 heavy (non-hydrogen) atoms. The maximum atomic E-state index is 5.41. The lowest BCUT2D eigenvalue weighted by molar-refractivity contribution is 0.150. The number of hydrogen-bond acceptors (Lipinski definition) is 3. The van der Waals surface area contributed by atoms with Crippen LogP contribution in [0.25, 0.3) is 0 Å². The minimum atomic E-state index is 0.434. The fourth-order valence-electron chi connectivity index (χ4n) is 4.07. The maximum absolute atomic E-state index is 5.41. The normalized spacial score (nSPS) is 21.8. The fourth-order valence-corrected chi connectivity index (χ4v) is 4.07. The van der Waals surface area contributed by atoms with Crippen molar-refractivity contribution in [3.63, 3.8) is 0 Å². The molecule has 1 aromatic heterocycles. The molecule has 0 amide bonds. The number of nitrogens with one attached hydrogen (secondary N) is 2. The number of nitrogens with zero attached hydrogens (tertiary/aromatic N) is 2. The second-order valence-corrected chi connectivity index (χ2v) is 7.91. The van der Waals surface area contributed by atoms with E-state index in [0.717, 1.165) is 37.1 Å². The van der Waals surface area contributed by atoms with E-state index in [9.17, 15) is 0 Å².